The maximum atomic E-state index is 13.1. The van der Waals surface area contributed by atoms with Crippen LogP contribution in [0.1, 0.15) is 5.56 Å². The van der Waals surface area contributed by atoms with E-state index in [1.54, 1.807) is 6.07 Å². The van der Waals surface area contributed by atoms with Crippen LogP contribution in [-0.4, -0.2) is 0 Å². The minimum absolute atomic E-state index is 0.122. The van der Waals surface area contributed by atoms with Gasteiger partial charge in [-0.05, 0) is 15.9 Å². The maximum absolute atomic E-state index is 13.1. The zero-order valence-corrected chi connectivity index (χ0v) is 11.1. The van der Waals surface area contributed by atoms with Crippen LogP contribution in [-0.2, 0) is 31.3 Å². The Labute approximate surface area is 108 Å². The molecule has 0 saturated carbocycles. The molecule has 0 aliphatic heterocycles. The molecule has 15 heavy (non-hydrogen) atoms. The molecule has 0 N–H and O–H groups in total. The molecule has 0 aliphatic carbocycles. The Hall–Kier alpha value is -0.730. The predicted octanol–water partition coefficient (Wildman–Crippen LogP) is 3.00. The lowest BCUT2D eigenvalue weighted by Gasteiger charge is -1.97. The highest BCUT2D eigenvalue weighted by Crippen LogP contribution is 2.26. The molecule has 0 unspecified atom stereocenters. The summed E-state index contributed by atoms with van der Waals surface area (Å²) in [7, 11) is 0.917. The summed E-state index contributed by atoms with van der Waals surface area (Å²) < 4.78 is 13.4. The number of benzene rings is 1. The first-order valence-corrected chi connectivity index (χ1v) is 6.75. The molecular weight excluding hydrogens is 319 g/mol. The molecule has 0 amide bonds. The van der Waals surface area contributed by atoms with Crippen LogP contribution >= 0.6 is 15.9 Å². The highest BCUT2D eigenvalue weighted by atomic mass is 79.9. The fourth-order valence-electron chi connectivity index (χ4n) is 0.730. The Bertz CT molecular complexity index is 484. The summed E-state index contributed by atoms with van der Waals surface area (Å²) in [4.78, 5) is 2.92. The maximum Gasteiger partial charge on any atom is 0.223 e. The molecule has 0 saturated heterocycles. The molecule has 7 heteroatoms. The Morgan fingerprint density at radius 3 is 2.47 bits per heavy atom. The van der Waals surface area contributed by atoms with Gasteiger partial charge in [0.25, 0.3) is 0 Å². The molecule has 0 spiro atoms. The van der Waals surface area contributed by atoms with Gasteiger partial charge in [0.15, 0.2) is 0 Å². The van der Waals surface area contributed by atoms with Crippen molar-refractivity contribution in [3.63, 3.8) is 0 Å². The summed E-state index contributed by atoms with van der Waals surface area (Å²) >= 11 is 11.3. The summed E-state index contributed by atoms with van der Waals surface area (Å²) in [5.74, 6) is -0.762. The summed E-state index contributed by atoms with van der Waals surface area (Å²) in [5.41, 5.74) is -0.252. The van der Waals surface area contributed by atoms with E-state index in [-0.39, 0.29) is 11.3 Å². The van der Waals surface area contributed by atoms with E-state index in [0.29, 0.717) is 4.47 Å². The van der Waals surface area contributed by atoms with Crippen molar-refractivity contribution in [2.75, 3.05) is 0 Å². The minimum atomic E-state index is -0.762. The molecule has 0 aromatic heterocycles. The van der Waals surface area contributed by atoms with Gasteiger partial charge in [0, 0.05) is 35.7 Å². The Morgan fingerprint density at radius 2 is 2.07 bits per heavy atom. The van der Waals surface area contributed by atoms with Crippen molar-refractivity contribution in [2.24, 2.45) is 0 Å². The van der Waals surface area contributed by atoms with E-state index >= 15 is 0 Å². The topological polar surface area (TPSA) is 28.1 Å². The van der Waals surface area contributed by atoms with E-state index in [0.717, 1.165) is 8.88 Å². The monoisotopic (exact) mass is 320 g/mol. The SMILES string of the molecule is S=S=S.[C-]#[N+]c1ccc(Br)c(C#N)c1F. The quantitative estimate of drug-likeness (QED) is 0.688. The molecule has 1 rings (SSSR count). The molecule has 76 valence electrons. The van der Waals surface area contributed by atoms with Crippen LogP contribution in [0.15, 0.2) is 16.6 Å². The van der Waals surface area contributed by atoms with Crippen molar-refractivity contribution in [1.82, 2.24) is 0 Å². The second kappa shape index (κ2) is 7.55. The minimum Gasteiger partial charge on any atom is -0.235 e. The van der Waals surface area contributed by atoms with Gasteiger partial charge in [0.1, 0.15) is 11.9 Å². The summed E-state index contributed by atoms with van der Waals surface area (Å²) in [6.45, 7) is 6.59. The van der Waals surface area contributed by atoms with Crippen molar-refractivity contribution in [3.8, 4) is 6.07 Å². The second-order valence-corrected chi connectivity index (χ2v) is 4.67. The number of rotatable bonds is 0. The van der Waals surface area contributed by atoms with Crippen molar-refractivity contribution in [1.29, 1.82) is 5.26 Å². The van der Waals surface area contributed by atoms with Gasteiger partial charge in [-0.1, -0.05) is 12.1 Å². The smallest absolute Gasteiger partial charge is 0.223 e. The van der Waals surface area contributed by atoms with Gasteiger partial charge in [-0.3, -0.25) is 0 Å². The van der Waals surface area contributed by atoms with Crippen LogP contribution in [0.25, 0.3) is 4.85 Å². The molecule has 0 fully saturated rings. The summed E-state index contributed by atoms with van der Waals surface area (Å²) in [6.07, 6.45) is 0. The fourth-order valence-corrected chi connectivity index (χ4v) is 1.13. The molecule has 0 bridgehead atoms. The summed E-state index contributed by atoms with van der Waals surface area (Å²) in [6, 6.07) is 4.48. The van der Waals surface area contributed by atoms with Crippen LogP contribution < -0.4 is 0 Å². The fraction of sp³-hybridized carbons (Fsp3) is 0. The van der Waals surface area contributed by atoms with E-state index in [4.69, 9.17) is 11.8 Å². The predicted molar refractivity (Wildman–Crippen MR) is 67.2 cm³/mol. The van der Waals surface area contributed by atoms with Crippen LogP contribution in [0.4, 0.5) is 10.1 Å². The Kier molecular flexibility index (Phi) is 7.18. The van der Waals surface area contributed by atoms with Gasteiger partial charge in [0.2, 0.25) is 5.69 Å². The van der Waals surface area contributed by atoms with E-state index in [2.05, 4.69) is 43.2 Å². The van der Waals surface area contributed by atoms with Crippen molar-refractivity contribution in [2.45, 2.75) is 0 Å². The van der Waals surface area contributed by atoms with Crippen molar-refractivity contribution >= 4 is 52.9 Å². The van der Waals surface area contributed by atoms with Gasteiger partial charge in [-0.25, -0.2) is 9.24 Å². The Morgan fingerprint density at radius 1 is 1.53 bits per heavy atom. The third-order valence-corrected chi connectivity index (χ3v) is 1.96. The molecule has 0 heterocycles. The second-order valence-electron chi connectivity index (χ2n) is 2.05. The third kappa shape index (κ3) is 4.10. The molecule has 1 aromatic carbocycles. The summed E-state index contributed by atoms with van der Waals surface area (Å²) in [5, 5.41) is 8.50. The van der Waals surface area contributed by atoms with E-state index < -0.39 is 5.82 Å². The van der Waals surface area contributed by atoms with Crippen LogP contribution in [0.5, 0.6) is 0 Å². The van der Waals surface area contributed by atoms with Gasteiger partial charge >= 0.3 is 0 Å². The molecule has 0 radical (unpaired) electrons. The van der Waals surface area contributed by atoms with E-state index in [1.807, 2.05) is 0 Å². The highest BCUT2D eigenvalue weighted by molar-refractivity contribution is 9.10. The van der Waals surface area contributed by atoms with Gasteiger partial charge < -0.3 is 0 Å². The molecular formula is C8H2BrFN2S3. The largest absolute Gasteiger partial charge is 0.235 e. The first kappa shape index (κ1) is 14.3. The highest BCUT2D eigenvalue weighted by Gasteiger charge is 2.10. The number of halogens is 2. The average molecular weight is 321 g/mol. The Balaban J connectivity index is 0.000000583. The lowest BCUT2D eigenvalue weighted by Crippen LogP contribution is -1.84. The van der Waals surface area contributed by atoms with Gasteiger partial charge in [0.05, 0.1) is 12.1 Å². The number of nitriles is 1. The van der Waals surface area contributed by atoms with Gasteiger partial charge in [-0.2, -0.15) is 5.26 Å². The lowest BCUT2D eigenvalue weighted by molar-refractivity contribution is 0.629. The molecule has 0 aliphatic rings. The molecule has 1 aromatic rings. The van der Waals surface area contributed by atoms with Crippen LogP contribution in [0.2, 0.25) is 0 Å². The first-order chi connectivity index (χ1) is 7.12. The van der Waals surface area contributed by atoms with Crippen LogP contribution in [0, 0.1) is 23.7 Å². The average Bonchev–Trinajstić information content (AvgIpc) is 2.20. The number of nitrogens with zero attached hydrogens (tertiary/aromatic N) is 2. The normalized spacial score (nSPS) is 7.73. The standard InChI is InChI=1S/C8H2BrFN2.S3/c1-12-7-3-2-6(9)5(4-11)8(7)10;1-3-2/h2-3H;. The third-order valence-electron chi connectivity index (χ3n) is 1.30. The van der Waals surface area contributed by atoms with E-state index in [9.17, 15) is 4.39 Å². The lowest BCUT2D eigenvalue weighted by atomic mass is 10.2. The van der Waals surface area contributed by atoms with Crippen molar-refractivity contribution < 1.29 is 4.39 Å². The number of hydrogen-bond acceptors (Lipinski definition) is 3. The first-order valence-electron chi connectivity index (χ1n) is 3.29. The molecule has 0 atom stereocenters. The zero-order chi connectivity index (χ0) is 11.8. The zero-order valence-electron chi connectivity index (χ0n) is 7.03. The van der Waals surface area contributed by atoms with Crippen LogP contribution in [0.3, 0.4) is 0 Å². The van der Waals surface area contributed by atoms with Gasteiger partial charge in [-0.15, -0.1) is 0 Å². The van der Waals surface area contributed by atoms with E-state index in [1.165, 1.54) is 12.1 Å². The molecule has 2 nitrogen and oxygen atoms in total. The van der Waals surface area contributed by atoms with Crippen molar-refractivity contribution in [3.05, 3.63) is 39.4 Å². The number of hydrogen-bond donors (Lipinski definition) is 0.